The number of hydrogen-bond donors (Lipinski definition) is 2. The van der Waals surface area contributed by atoms with Gasteiger partial charge in [0, 0.05) is 22.6 Å². The number of hydrogen-bond acceptors (Lipinski definition) is 3. The summed E-state index contributed by atoms with van der Waals surface area (Å²) in [5.74, 6) is 0.590. The first-order valence-electron chi connectivity index (χ1n) is 6.85. The number of carbonyl (C=O) groups is 1. The molecular formula is C15H23BrN2O2. The molecule has 0 bridgehead atoms. The van der Waals surface area contributed by atoms with Gasteiger partial charge in [0.15, 0.2) is 6.10 Å². The number of amides is 1. The van der Waals surface area contributed by atoms with Crippen molar-refractivity contribution >= 4 is 21.8 Å². The van der Waals surface area contributed by atoms with Crippen LogP contribution in [0.4, 0.5) is 0 Å². The first-order valence-corrected chi connectivity index (χ1v) is 7.64. The highest BCUT2D eigenvalue weighted by atomic mass is 79.9. The fraction of sp³-hybridized carbons (Fsp3) is 0.533. The number of benzene rings is 1. The van der Waals surface area contributed by atoms with Gasteiger partial charge in [-0.15, -0.1) is 0 Å². The minimum atomic E-state index is -0.547. The highest BCUT2D eigenvalue weighted by Gasteiger charge is 2.19. The van der Waals surface area contributed by atoms with Gasteiger partial charge in [0.05, 0.1) is 0 Å². The lowest BCUT2D eigenvalue weighted by atomic mass is 10.1. The van der Waals surface area contributed by atoms with Crippen LogP contribution < -0.4 is 15.8 Å². The Labute approximate surface area is 129 Å². The zero-order chi connectivity index (χ0) is 15.3. The molecule has 0 aliphatic rings. The number of ether oxygens (including phenoxy) is 1. The van der Waals surface area contributed by atoms with E-state index in [-0.39, 0.29) is 11.9 Å². The predicted molar refractivity (Wildman–Crippen MR) is 84.8 cm³/mol. The second-order valence-corrected chi connectivity index (χ2v) is 5.91. The van der Waals surface area contributed by atoms with Gasteiger partial charge >= 0.3 is 0 Å². The number of nitrogens with one attached hydrogen (secondary N) is 1. The lowest BCUT2D eigenvalue weighted by Crippen LogP contribution is -2.41. The molecule has 4 nitrogen and oxygen atoms in total. The van der Waals surface area contributed by atoms with Crippen LogP contribution in [0.25, 0.3) is 0 Å². The Morgan fingerprint density at radius 2 is 2.10 bits per heavy atom. The van der Waals surface area contributed by atoms with Gasteiger partial charge in [-0.1, -0.05) is 22.9 Å². The van der Waals surface area contributed by atoms with Crippen LogP contribution in [0.5, 0.6) is 5.75 Å². The molecule has 0 saturated heterocycles. The van der Waals surface area contributed by atoms with E-state index in [1.807, 2.05) is 32.9 Å². The lowest BCUT2D eigenvalue weighted by molar-refractivity contribution is -0.127. The zero-order valence-electron chi connectivity index (χ0n) is 12.5. The molecule has 0 heterocycles. The molecule has 0 aromatic heterocycles. The Balaban J connectivity index is 2.85. The summed E-state index contributed by atoms with van der Waals surface area (Å²) in [6, 6.07) is 4.02. The molecule has 0 aliphatic carbocycles. The summed E-state index contributed by atoms with van der Waals surface area (Å²) in [5.41, 5.74) is 7.59. The second kappa shape index (κ2) is 7.64. The molecule has 2 atom stereocenters. The maximum atomic E-state index is 12.0. The van der Waals surface area contributed by atoms with Crippen LogP contribution in [0.15, 0.2) is 16.6 Å². The first-order chi connectivity index (χ1) is 9.38. The van der Waals surface area contributed by atoms with Crippen molar-refractivity contribution in [3.63, 3.8) is 0 Å². The van der Waals surface area contributed by atoms with E-state index in [0.29, 0.717) is 12.3 Å². The molecule has 0 spiro atoms. The summed E-state index contributed by atoms with van der Waals surface area (Å²) < 4.78 is 6.77. The van der Waals surface area contributed by atoms with Crippen molar-refractivity contribution in [1.82, 2.24) is 5.32 Å². The van der Waals surface area contributed by atoms with Crippen molar-refractivity contribution in [2.75, 3.05) is 0 Å². The minimum Gasteiger partial charge on any atom is -0.480 e. The Kier molecular flexibility index (Phi) is 6.49. The van der Waals surface area contributed by atoms with E-state index in [4.69, 9.17) is 10.5 Å². The first kappa shape index (κ1) is 17.0. The third kappa shape index (κ3) is 4.49. The Hall–Kier alpha value is -1.07. The Morgan fingerprint density at radius 1 is 1.45 bits per heavy atom. The average molecular weight is 343 g/mol. The third-order valence-electron chi connectivity index (χ3n) is 3.20. The average Bonchev–Trinajstić information content (AvgIpc) is 2.40. The van der Waals surface area contributed by atoms with Gasteiger partial charge < -0.3 is 15.8 Å². The fourth-order valence-electron chi connectivity index (χ4n) is 1.81. The van der Waals surface area contributed by atoms with Crippen molar-refractivity contribution in [2.24, 2.45) is 5.73 Å². The number of carbonyl (C=O) groups excluding carboxylic acids is 1. The standard InChI is InChI=1S/C15H23BrN2O2/c1-5-10(3)18-15(19)11(4)20-14-9(2)6-13(16)7-12(14)8-17/h6-7,10-11H,5,8,17H2,1-4H3,(H,18,19). The summed E-state index contributed by atoms with van der Waals surface area (Å²) in [7, 11) is 0. The fourth-order valence-corrected chi connectivity index (χ4v) is 2.43. The van der Waals surface area contributed by atoms with Crippen molar-refractivity contribution in [2.45, 2.75) is 52.8 Å². The SMILES string of the molecule is CCC(C)NC(=O)C(C)Oc1c(C)cc(Br)cc1CN. The van der Waals surface area contributed by atoms with Crippen LogP contribution in [0, 0.1) is 6.92 Å². The van der Waals surface area contributed by atoms with E-state index in [9.17, 15) is 4.79 Å². The molecule has 0 radical (unpaired) electrons. The van der Waals surface area contributed by atoms with Crippen LogP contribution >= 0.6 is 15.9 Å². The van der Waals surface area contributed by atoms with Gasteiger partial charge in [-0.2, -0.15) is 0 Å². The maximum Gasteiger partial charge on any atom is 0.260 e. The number of aryl methyl sites for hydroxylation is 1. The molecule has 20 heavy (non-hydrogen) atoms. The van der Waals surface area contributed by atoms with E-state index >= 15 is 0 Å². The minimum absolute atomic E-state index is 0.107. The van der Waals surface area contributed by atoms with Gasteiger partial charge in [-0.25, -0.2) is 0 Å². The highest BCUT2D eigenvalue weighted by molar-refractivity contribution is 9.10. The van der Waals surface area contributed by atoms with Crippen molar-refractivity contribution in [1.29, 1.82) is 0 Å². The molecule has 0 aliphatic heterocycles. The van der Waals surface area contributed by atoms with Gasteiger partial charge in [-0.3, -0.25) is 4.79 Å². The van der Waals surface area contributed by atoms with Crippen LogP contribution in [0.2, 0.25) is 0 Å². The predicted octanol–water partition coefficient (Wildman–Crippen LogP) is 2.90. The Morgan fingerprint density at radius 3 is 2.65 bits per heavy atom. The summed E-state index contributed by atoms with van der Waals surface area (Å²) in [5, 5.41) is 2.91. The lowest BCUT2D eigenvalue weighted by Gasteiger charge is -2.20. The summed E-state index contributed by atoms with van der Waals surface area (Å²) in [4.78, 5) is 12.0. The molecule has 5 heteroatoms. The smallest absolute Gasteiger partial charge is 0.260 e. The monoisotopic (exact) mass is 342 g/mol. The molecule has 1 rings (SSSR count). The normalized spacial score (nSPS) is 13.7. The molecule has 1 amide bonds. The van der Waals surface area contributed by atoms with E-state index < -0.39 is 6.10 Å². The quantitative estimate of drug-likeness (QED) is 0.835. The van der Waals surface area contributed by atoms with E-state index in [1.165, 1.54) is 0 Å². The zero-order valence-corrected chi connectivity index (χ0v) is 14.1. The van der Waals surface area contributed by atoms with Crippen LogP contribution in [0.1, 0.15) is 38.3 Å². The number of rotatable bonds is 6. The van der Waals surface area contributed by atoms with Crippen molar-refractivity contribution in [3.05, 3.63) is 27.7 Å². The largest absolute Gasteiger partial charge is 0.480 e. The van der Waals surface area contributed by atoms with E-state index in [1.54, 1.807) is 6.92 Å². The number of nitrogens with two attached hydrogens (primary N) is 1. The molecule has 1 aromatic rings. The van der Waals surface area contributed by atoms with Crippen molar-refractivity contribution in [3.8, 4) is 5.75 Å². The molecular weight excluding hydrogens is 320 g/mol. The summed E-state index contributed by atoms with van der Waals surface area (Å²) in [6.07, 6.45) is 0.346. The van der Waals surface area contributed by atoms with Crippen LogP contribution in [-0.4, -0.2) is 18.1 Å². The highest BCUT2D eigenvalue weighted by Crippen LogP contribution is 2.28. The van der Waals surface area contributed by atoms with Gasteiger partial charge in [0.2, 0.25) is 0 Å². The topological polar surface area (TPSA) is 64.3 Å². The van der Waals surface area contributed by atoms with E-state index in [0.717, 1.165) is 22.0 Å². The van der Waals surface area contributed by atoms with Crippen molar-refractivity contribution < 1.29 is 9.53 Å². The van der Waals surface area contributed by atoms with E-state index in [2.05, 4.69) is 21.2 Å². The van der Waals surface area contributed by atoms with Gasteiger partial charge in [0.1, 0.15) is 5.75 Å². The molecule has 0 fully saturated rings. The summed E-state index contributed by atoms with van der Waals surface area (Å²) >= 11 is 3.43. The second-order valence-electron chi connectivity index (χ2n) is 4.99. The molecule has 2 unspecified atom stereocenters. The third-order valence-corrected chi connectivity index (χ3v) is 3.66. The van der Waals surface area contributed by atoms with Crippen LogP contribution in [0.3, 0.4) is 0 Å². The molecule has 3 N–H and O–H groups in total. The van der Waals surface area contributed by atoms with Gasteiger partial charge in [0.25, 0.3) is 5.91 Å². The van der Waals surface area contributed by atoms with Crippen LogP contribution in [-0.2, 0) is 11.3 Å². The van der Waals surface area contributed by atoms with Gasteiger partial charge in [-0.05, 0) is 44.9 Å². The molecule has 1 aromatic carbocycles. The number of halogens is 1. The maximum absolute atomic E-state index is 12.0. The molecule has 112 valence electrons. The summed E-state index contributed by atoms with van der Waals surface area (Å²) in [6.45, 7) is 8.07. The molecule has 0 saturated carbocycles. The Bertz CT molecular complexity index is 477.